The van der Waals surface area contributed by atoms with E-state index < -0.39 is 22.8 Å². The highest BCUT2D eigenvalue weighted by Crippen LogP contribution is 2.30. The minimum absolute atomic E-state index is 0.137. The van der Waals surface area contributed by atoms with E-state index in [1.165, 1.54) is 0 Å². The quantitative estimate of drug-likeness (QED) is 0.585. The molecular formula is C19H29NO6. The zero-order chi connectivity index (χ0) is 20.0. The molecule has 0 saturated heterocycles. The summed E-state index contributed by atoms with van der Waals surface area (Å²) in [5.41, 5.74) is -0.494. The highest BCUT2D eigenvalue weighted by Gasteiger charge is 2.27. The summed E-state index contributed by atoms with van der Waals surface area (Å²) < 4.78 is 0. The highest BCUT2D eigenvalue weighted by molar-refractivity contribution is 5.75. The number of carbonyl (C=O) groups is 2. The van der Waals surface area contributed by atoms with Gasteiger partial charge in [-0.05, 0) is 79.3 Å². The van der Waals surface area contributed by atoms with Crippen LogP contribution in [0.4, 0.5) is 0 Å². The minimum Gasteiger partial charge on any atom is -0.319 e. The number of hydrogen-bond acceptors (Lipinski definition) is 7. The number of likely N-dealkylation sites (N-methyl/N-ethyl adjacent to an activating group) is 1. The fourth-order valence-electron chi connectivity index (χ4n) is 1.53. The van der Waals surface area contributed by atoms with Crippen molar-refractivity contribution in [3.63, 3.8) is 0 Å². The summed E-state index contributed by atoms with van der Waals surface area (Å²) in [6.07, 6.45) is 0.738. The Bertz CT molecular complexity index is 628. The highest BCUT2D eigenvalue weighted by atomic mass is 17.2. The van der Waals surface area contributed by atoms with Gasteiger partial charge in [-0.2, -0.15) is 0 Å². The third kappa shape index (κ3) is 6.92. The molecule has 0 aromatic heterocycles. The Labute approximate surface area is 154 Å². The molecule has 0 amide bonds. The van der Waals surface area contributed by atoms with Crippen LogP contribution in [0.3, 0.4) is 0 Å². The lowest BCUT2D eigenvalue weighted by Crippen LogP contribution is -2.25. The molecule has 1 aromatic rings. The van der Waals surface area contributed by atoms with Crippen LogP contribution < -0.4 is 15.1 Å². The third-order valence-corrected chi connectivity index (χ3v) is 3.31. The molecule has 0 aliphatic heterocycles. The van der Waals surface area contributed by atoms with E-state index in [4.69, 9.17) is 19.6 Å². The van der Waals surface area contributed by atoms with Crippen molar-refractivity contribution in [2.24, 2.45) is 10.8 Å². The molecule has 146 valence electrons. The van der Waals surface area contributed by atoms with Gasteiger partial charge in [0.15, 0.2) is 0 Å². The number of nitrogens with one attached hydrogen (secondary N) is 1. The average molecular weight is 367 g/mol. The van der Waals surface area contributed by atoms with Gasteiger partial charge in [0.05, 0.1) is 10.8 Å². The number of benzene rings is 1. The van der Waals surface area contributed by atoms with E-state index in [1.807, 2.05) is 13.1 Å². The predicted molar refractivity (Wildman–Crippen MR) is 96.4 cm³/mol. The van der Waals surface area contributed by atoms with Gasteiger partial charge in [-0.3, -0.25) is 9.78 Å². The Morgan fingerprint density at radius 3 is 1.85 bits per heavy atom. The molecule has 0 spiro atoms. The average Bonchev–Trinajstić information content (AvgIpc) is 2.54. The molecule has 1 aromatic carbocycles. The summed E-state index contributed by atoms with van der Waals surface area (Å²) in [7, 11) is 1.85. The van der Waals surface area contributed by atoms with Crippen molar-refractivity contribution in [3.05, 3.63) is 23.8 Å². The summed E-state index contributed by atoms with van der Waals surface area (Å²) >= 11 is 0. The predicted octanol–water partition coefficient (Wildman–Crippen LogP) is 3.21. The second-order valence-corrected chi connectivity index (χ2v) is 8.04. The molecule has 7 nitrogen and oxygen atoms in total. The van der Waals surface area contributed by atoms with E-state index in [0.29, 0.717) is 0 Å². The Kier molecular flexibility index (Phi) is 7.44. The molecule has 0 unspecified atom stereocenters. The first-order valence-electron chi connectivity index (χ1n) is 8.50. The maximum atomic E-state index is 11.9. The second-order valence-electron chi connectivity index (χ2n) is 8.04. The van der Waals surface area contributed by atoms with Crippen LogP contribution >= 0.6 is 0 Å². The minimum atomic E-state index is -0.719. The standard InChI is InChI=1S/C19H29NO6/c1-18(2,3)16(21)25-23-14-9-8-13(10-11-20-7)12-15(14)24-26-17(22)19(4,5)6/h8-9,12,20H,10-11H2,1-7H3. The lowest BCUT2D eigenvalue weighted by atomic mass is 9.98. The molecular weight excluding hydrogens is 338 g/mol. The molecule has 1 N–H and O–H groups in total. The smallest absolute Gasteiger partial charge is 0.319 e. The molecule has 1 rings (SSSR count). The molecule has 0 radical (unpaired) electrons. The molecule has 0 bridgehead atoms. The van der Waals surface area contributed by atoms with Crippen molar-refractivity contribution < 1.29 is 29.1 Å². The first kappa shape index (κ1) is 21.8. The van der Waals surface area contributed by atoms with Crippen LogP contribution in [0.2, 0.25) is 0 Å². The maximum Gasteiger partial charge on any atom is 0.360 e. The Balaban J connectivity index is 2.93. The van der Waals surface area contributed by atoms with E-state index in [1.54, 1.807) is 53.7 Å². The largest absolute Gasteiger partial charge is 0.360 e. The van der Waals surface area contributed by atoms with E-state index >= 15 is 0 Å². The molecule has 0 aliphatic carbocycles. The van der Waals surface area contributed by atoms with Crippen LogP contribution in [0, 0.1) is 10.8 Å². The zero-order valence-corrected chi connectivity index (χ0v) is 16.6. The van der Waals surface area contributed by atoms with Crippen LogP contribution in [0.5, 0.6) is 11.5 Å². The van der Waals surface area contributed by atoms with Gasteiger partial charge in [0.25, 0.3) is 0 Å². The van der Waals surface area contributed by atoms with E-state index in [2.05, 4.69) is 5.32 Å². The lowest BCUT2D eigenvalue weighted by Gasteiger charge is -2.18. The van der Waals surface area contributed by atoms with Gasteiger partial charge in [-0.1, -0.05) is 6.07 Å². The normalized spacial score (nSPS) is 11.7. The van der Waals surface area contributed by atoms with Gasteiger partial charge < -0.3 is 5.32 Å². The molecule has 0 aliphatic rings. The summed E-state index contributed by atoms with van der Waals surface area (Å²) in [5.74, 6) is -0.777. The van der Waals surface area contributed by atoms with E-state index in [9.17, 15) is 9.59 Å². The topological polar surface area (TPSA) is 83.1 Å². The Hall–Kier alpha value is -2.28. The third-order valence-electron chi connectivity index (χ3n) is 3.31. The van der Waals surface area contributed by atoms with E-state index in [-0.39, 0.29) is 11.5 Å². The summed E-state index contributed by atoms with van der Waals surface area (Å²) in [4.78, 5) is 43.8. The van der Waals surface area contributed by atoms with Crippen LogP contribution in [0.15, 0.2) is 18.2 Å². The molecule has 7 heteroatoms. The van der Waals surface area contributed by atoms with Crippen molar-refractivity contribution in [1.29, 1.82) is 0 Å². The summed E-state index contributed by atoms with van der Waals surface area (Å²) in [6.45, 7) is 11.0. The number of carbonyl (C=O) groups excluding carboxylic acids is 2. The van der Waals surface area contributed by atoms with Gasteiger partial charge >= 0.3 is 11.9 Å². The van der Waals surface area contributed by atoms with E-state index in [0.717, 1.165) is 18.5 Å². The first-order chi connectivity index (χ1) is 11.9. The Morgan fingerprint density at radius 1 is 0.885 bits per heavy atom. The summed E-state index contributed by atoms with van der Waals surface area (Å²) in [6, 6.07) is 5.09. The maximum absolute atomic E-state index is 11.9. The van der Waals surface area contributed by atoms with Crippen LogP contribution in [0.1, 0.15) is 47.1 Å². The van der Waals surface area contributed by atoms with Crippen molar-refractivity contribution >= 4 is 11.9 Å². The van der Waals surface area contributed by atoms with Crippen molar-refractivity contribution in [1.82, 2.24) is 5.32 Å². The van der Waals surface area contributed by atoms with Gasteiger partial charge in [0, 0.05) is 0 Å². The summed E-state index contributed by atoms with van der Waals surface area (Å²) in [5, 5.41) is 3.05. The van der Waals surface area contributed by atoms with Gasteiger partial charge in [0.2, 0.25) is 11.5 Å². The molecule has 26 heavy (non-hydrogen) atoms. The van der Waals surface area contributed by atoms with Crippen LogP contribution in [-0.4, -0.2) is 25.5 Å². The Morgan fingerprint density at radius 2 is 1.38 bits per heavy atom. The second kappa shape index (κ2) is 8.89. The number of hydrogen-bond donors (Lipinski definition) is 1. The monoisotopic (exact) mass is 367 g/mol. The van der Waals surface area contributed by atoms with Crippen LogP contribution in [0.25, 0.3) is 0 Å². The van der Waals surface area contributed by atoms with Gasteiger partial charge in [-0.15, -0.1) is 0 Å². The lowest BCUT2D eigenvalue weighted by molar-refractivity contribution is -0.235. The number of rotatable bonds is 7. The van der Waals surface area contributed by atoms with Gasteiger partial charge in [0.1, 0.15) is 0 Å². The molecule has 0 saturated carbocycles. The SMILES string of the molecule is CNCCc1ccc(OOC(=O)C(C)(C)C)c(OOC(=O)C(C)(C)C)c1. The van der Waals surface area contributed by atoms with Gasteiger partial charge in [-0.25, -0.2) is 19.4 Å². The zero-order valence-electron chi connectivity index (χ0n) is 16.6. The van der Waals surface area contributed by atoms with Crippen molar-refractivity contribution in [2.45, 2.75) is 48.0 Å². The molecule has 0 heterocycles. The fraction of sp³-hybridized carbons (Fsp3) is 0.579. The van der Waals surface area contributed by atoms with Crippen molar-refractivity contribution in [3.8, 4) is 11.5 Å². The first-order valence-corrected chi connectivity index (χ1v) is 8.50. The van der Waals surface area contributed by atoms with Crippen molar-refractivity contribution in [2.75, 3.05) is 13.6 Å². The molecule has 0 fully saturated rings. The fourth-order valence-corrected chi connectivity index (χ4v) is 1.53. The van der Waals surface area contributed by atoms with Crippen LogP contribution in [-0.2, 0) is 25.8 Å². The molecule has 0 atom stereocenters.